The lowest BCUT2D eigenvalue weighted by atomic mass is 10.3. The van der Waals surface area contributed by atoms with Crippen molar-refractivity contribution in [2.45, 2.75) is 4.90 Å². The number of anilines is 1. The molecule has 0 saturated carbocycles. The van der Waals surface area contributed by atoms with Gasteiger partial charge in [0, 0.05) is 13.2 Å². The van der Waals surface area contributed by atoms with Gasteiger partial charge >= 0.3 is 0 Å². The quantitative estimate of drug-likeness (QED) is 0.666. The Morgan fingerprint density at radius 2 is 1.88 bits per heavy atom. The Hall–Kier alpha value is -1.19. The number of sulfonamides is 1. The van der Waals surface area contributed by atoms with Crippen LogP contribution in [-0.4, -0.2) is 35.9 Å². The van der Waals surface area contributed by atoms with Crippen LogP contribution in [0.3, 0.4) is 0 Å². The molecule has 0 atom stereocenters. The molecule has 6 nitrogen and oxygen atoms in total. The second kappa shape index (κ2) is 8.26. The van der Waals surface area contributed by atoms with Crippen LogP contribution in [0, 0.1) is 0 Å². The molecule has 0 amide bonds. The van der Waals surface area contributed by atoms with E-state index in [0.717, 1.165) is 11.3 Å². The van der Waals surface area contributed by atoms with Gasteiger partial charge in [-0.15, -0.1) is 11.3 Å². The predicted molar refractivity (Wildman–Crippen MR) is 95.5 cm³/mol. The third kappa shape index (κ3) is 4.67. The first-order valence-corrected chi connectivity index (χ1v) is 9.70. The van der Waals surface area contributed by atoms with E-state index in [2.05, 4.69) is 4.72 Å². The minimum Gasteiger partial charge on any atom is -0.493 e. The molecule has 2 aromatic rings. The number of thiophene rings is 1. The fourth-order valence-corrected chi connectivity index (χ4v) is 5.01. The lowest BCUT2D eigenvalue weighted by Crippen LogP contribution is -2.13. The minimum atomic E-state index is -3.86. The average molecular weight is 412 g/mol. The molecule has 1 N–H and O–H groups in total. The number of nitrogens with one attached hydrogen (secondary N) is 1. The molecular formula is C14H15Cl2NO5S2. The average Bonchev–Trinajstić information content (AvgIpc) is 2.87. The van der Waals surface area contributed by atoms with Crippen LogP contribution in [0.25, 0.3) is 0 Å². The van der Waals surface area contributed by atoms with Crippen LogP contribution in [0.1, 0.15) is 0 Å². The molecule has 0 saturated heterocycles. The fourth-order valence-electron chi connectivity index (χ4n) is 1.81. The van der Waals surface area contributed by atoms with Crippen LogP contribution < -0.4 is 14.2 Å². The van der Waals surface area contributed by atoms with Crippen molar-refractivity contribution < 1.29 is 22.6 Å². The van der Waals surface area contributed by atoms with Crippen LogP contribution in [0.4, 0.5) is 5.69 Å². The summed E-state index contributed by atoms with van der Waals surface area (Å²) in [5.74, 6) is 0.870. The topological polar surface area (TPSA) is 73.9 Å². The van der Waals surface area contributed by atoms with Crippen molar-refractivity contribution in [1.82, 2.24) is 0 Å². The van der Waals surface area contributed by atoms with Crippen molar-refractivity contribution in [1.29, 1.82) is 0 Å². The van der Waals surface area contributed by atoms with Gasteiger partial charge in [-0.25, -0.2) is 8.42 Å². The van der Waals surface area contributed by atoms with Gasteiger partial charge in [0.1, 0.15) is 15.8 Å². The van der Waals surface area contributed by atoms with Crippen molar-refractivity contribution in [3.63, 3.8) is 0 Å². The zero-order valence-electron chi connectivity index (χ0n) is 12.8. The fraction of sp³-hybridized carbons (Fsp3) is 0.286. The predicted octanol–water partition coefficient (Wildman–Crippen LogP) is 3.89. The van der Waals surface area contributed by atoms with Gasteiger partial charge in [-0.3, -0.25) is 4.72 Å². The largest absolute Gasteiger partial charge is 0.493 e. The van der Waals surface area contributed by atoms with Crippen LogP contribution >= 0.6 is 34.5 Å². The number of rotatable bonds is 8. The van der Waals surface area contributed by atoms with E-state index in [1.54, 1.807) is 19.2 Å². The summed E-state index contributed by atoms with van der Waals surface area (Å²) in [6.07, 6.45) is 0. The van der Waals surface area contributed by atoms with Crippen LogP contribution in [0.5, 0.6) is 11.5 Å². The summed E-state index contributed by atoms with van der Waals surface area (Å²) < 4.78 is 43.3. The van der Waals surface area contributed by atoms with E-state index in [9.17, 15) is 8.42 Å². The SMILES string of the molecule is COCCOc1cc(NS(=O)(=O)c2cc(Cl)sc2Cl)ccc1OC. The molecule has 0 unspecified atom stereocenters. The molecule has 0 radical (unpaired) electrons. The zero-order chi connectivity index (χ0) is 17.7. The van der Waals surface area contributed by atoms with Crippen molar-refractivity contribution in [3.8, 4) is 11.5 Å². The molecule has 0 aliphatic carbocycles. The second-order valence-corrected chi connectivity index (χ2v) is 8.44. The number of benzene rings is 1. The molecule has 2 rings (SSSR count). The first kappa shape index (κ1) is 19.1. The normalized spacial score (nSPS) is 11.3. The van der Waals surface area contributed by atoms with Crippen molar-refractivity contribution in [3.05, 3.63) is 32.9 Å². The smallest absolute Gasteiger partial charge is 0.264 e. The molecule has 0 fully saturated rings. The van der Waals surface area contributed by atoms with E-state index < -0.39 is 10.0 Å². The monoisotopic (exact) mass is 411 g/mol. The van der Waals surface area contributed by atoms with Gasteiger partial charge < -0.3 is 14.2 Å². The molecule has 10 heteroatoms. The van der Waals surface area contributed by atoms with Crippen LogP contribution in [0.15, 0.2) is 29.2 Å². The summed E-state index contributed by atoms with van der Waals surface area (Å²) in [6, 6.07) is 5.98. The first-order chi connectivity index (χ1) is 11.4. The van der Waals surface area contributed by atoms with E-state index in [1.165, 1.54) is 19.2 Å². The summed E-state index contributed by atoms with van der Waals surface area (Å²) in [4.78, 5) is -0.0724. The Kier molecular flexibility index (Phi) is 6.59. The number of hydrogen-bond donors (Lipinski definition) is 1. The molecule has 0 aliphatic rings. The zero-order valence-corrected chi connectivity index (χ0v) is 16.0. The highest BCUT2D eigenvalue weighted by Gasteiger charge is 2.21. The maximum Gasteiger partial charge on any atom is 0.264 e. The lowest BCUT2D eigenvalue weighted by molar-refractivity contribution is 0.144. The van der Waals surface area contributed by atoms with E-state index in [1.807, 2.05) is 0 Å². The maximum atomic E-state index is 12.4. The number of halogens is 2. The highest BCUT2D eigenvalue weighted by atomic mass is 35.5. The van der Waals surface area contributed by atoms with Crippen LogP contribution in [0.2, 0.25) is 8.67 Å². The van der Waals surface area contributed by atoms with Crippen LogP contribution in [-0.2, 0) is 14.8 Å². The van der Waals surface area contributed by atoms with Crippen molar-refractivity contribution in [2.24, 2.45) is 0 Å². The van der Waals surface area contributed by atoms with Crippen molar-refractivity contribution >= 4 is 50.2 Å². The third-order valence-electron chi connectivity index (χ3n) is 2.88. The molecule has 0 spiro atoms. The number of methoxy groups -OCH3 is 2. The van der Waals surface area contributed by atoms with E-state index in [0.29, 0.717) is 34.7 Å². The molecule has 1 aromatic carbocycles. The van der Waals surface area contributed by atoms with E-state index in [4.69, 9.17) is 37.4 Å². The van der Waals surface area contributed by atoms with Crippen molar-refractivity contribution in [2.75, 3.05) is 32.2 Å². The van der Waals surface area contributed by atoms with Gasteiger partial charge in [0.2, 0.25) is 0 Å². The minimum absolute atomic E-state index is 0.0724. The van der Waals surface area contributed by atoms with Gasteiger partial charge in [-0.2, -0.15) is 0 Å². The molecule has 1 heterocycles. The summed E-state index contributed by atoms with van der Waals surface area (Å²) in [5, 5.41) is 0. The number of ether oxygens (including phenoxy) is 3. The maximum absolute atomic E-state index is 12.4. The summed E-state index contributed by atoms with van der Waals surface area (Å²) in [6.45, 7) is 0.692. The second-order valence-electron chi connectivity index (χ2n) is 4.50. The Labute approximate surface area is 154 Å². The first-order valence-electron chi connectivity index (χ1n) is 6.65. The van der Waals surface area contributed by atoms with Gasteiger partial charge in [0.15, 0.2) is 11.5 Å². The summed E-state index contributed by atoms with van der Waals surface area (Å²) in [5.41, 5.74) is 0.307. The number of hydrogen-bond acceptors (Lipinski definition) is 6. The molecule has 1 aromatic heterocycles. The highest BCUT2D eigenvalue weighted by molar-refractivity contribution is 7.93. The Morgan fingerprint density at radius 1 is 1.12 bits per heavy atom. The molecule has 0 bridgehead atoms. The third-order valence-corrected chi connectivity index (χ3v) is 6.01. The lowest BCUT2D eigenvalue weighted by Gasteiger charge is -2.13. The highest BCUT2D eigenvalue weighted by Crippen LogP contribution is 2.36. The summed E-state index contributed by atoms with van der Waals surface area (Å²) >= 11 is 12.7. The summed E-state index contributed by atoms with van der Waals surface area (Å²) in [7, 11) is -0.810. The van der Waals surface area contributed by atoms with E-state index >= 15 is 0 Å². The van der Waals surface area contributed by atoms with Gasteiger partial charge in [-0.1, -0.05) is 23.2 Å². The van der Waals surface area contributed by atoms with E-state index in [-0.39, 0.29) is 9.23 Å². The van der Waals surface area contributed by atoms with Gasteiger partial charge in [-0.05, 0) is 18.2 Å². The molecular weight excluding hydrogens is 397 g/mol. The Balaban J connectivity index is 2.25. The Bertz CT molecular complexity index is 807. The van der Waals surface area contributed by atoms with Gasteiger partial charge in [0.25, 0.3) is 10.0 Å². The Morgan fingerprint density at radius 3 is 2.46 bits per heavy atom. The molecule has 24 heavy (non-hydrogen) atoms. The molecule has 132 valence electrons. The van der Waals surface area contributed by atoms with Gasteiger partial charge in [0.05, 0.1) is 23.7 Å². The standard InChI is InChI=1S/C14H15Cl2NO5S2/c1-20-5-6-22-11-7-9(3-4-10(11)21-2)17-24(18,19)12-8-13(15)23-14(12)16/h3-4,7-8,17H,5-6H2,1-2H3. The molecule has 0 aliphatic heterocycles.